The van der Waals surface area contributed by atoms with Crippen LogP contribution in [0.3, 0.4) is 0 Å². The van der Waals surface area contributed by atoms with Gasteiger partial charge in [0.25, 0.3) is 5.91 Å². The van der Waals surface area contributed by atoms with Crippen molar-refractivity contribution >= 4 is 35.0 Å². The Labute approximate surface area is 106 Å². The number of aromatic nitrogens is 1. The van der Waals surface area contributed by atoms with Gasteiger partial charge in [-0.15, -0.1) is 23.1 Å². The van der Waals surface area contributed by atoms with Gasteiger partial charge in [-0.3, -0.25) is 4.79 Å². The summed E-state index contributed by atoms with van der Waals surface area (Å²) in [6.07, 6.45) is 0. The van der Waals surface area contributed by atoms with Crippen LogP contribution in [0.2, 0.25) is 0 Å². The number of carboxylic acid groups (broad SMARTS) is 1. The lowest BCUT2D eigenvalue weighted by atomic mass is 10.3. The van der Waals surface area contributed by atoms with Crippen LogP contribution in [0.5, 0.6) is 0 Å². The quantitative estimate of drug-likeness (QED) is 0.816. The summed E-state index contributed by atoms with van der Waals surface area (Å²) in [5.74, 6) is -0.490. The fraction of sp³-hybridized carbons (Fsp3) is 0.444. The molecule has 0 spiro atoms. The van der Waals surface area contributed by atoms with E-state index in [1.54, 1.807) is 5.38 Å². The Morgan fingerprint density at radius 1 is 1.65 bits per heavy atom. The molecular formula is C9H11N3O3S2. The molecule has 8 heteroatoms. The molecule has 1 aromatic rings. The number of aliphatic carboxylic acids is 1. The van der Waals surface area contributed by atoms with Gasteiger partial charge in [0.15, 0.2) is 0 Å². The predicted molar refractivity (Wildman–Crippen MR) is 64.9 cm³/mol. The summed E-state index contributed by atoms with van der Waals surface area (Å²) in [6, 6.07) is -0.754. The minimum Gasteiger partial charge on any atom is -0.480 e. The Kier molecular flexibility index (Phi) is 3.65. The molecule has 1 aromatic heterocycles. The lowest BCUT2D eigenvalue weighted by Gasteiger charge is -2.18. The van der Waals surface area contributed by atoms with E-state index >= 15 is 0 Å². The van der Waals surface area contributed by atoms with Crippen molar-refractivity contribution in [3.05, 3.63) is 16.1 Å². The van der Waals surface area contributed by atoms with E-state index < -0.39 is 12.0 Å². The summed E-state index contributed by atoms with van der Waals surface area (Å²) < 4.78 is 0. The highest BCUT2D eigenvalue weighted by Crippen LogP contribution is 2.23. The van der Waals surface area contributed by atoms with Crippen molar-refractivity contribution in [3.8, 4) is 0 Å². The first-order valence-electron chi connectivity index (χ1n) is 4.89. The summed E-state index contributed by atoms with van der Waals surface area (Å²) in [5, 5.41) is 11.3. The average Bonchev–Trinajstić information content (AvgIpc) is 2.97. The molecule has 92 valence electrons. The van der Waals surface area contributed by atoms with Crippen LogP contribution in [0.1, 0.15) is 15.5 Å². The van der Waals surface area contributed by atoms with Crippen LogP contribution in [0.15, 0.2) is 5.38 Å². The number of thiazole rings is 1. The van der Waals surface area contributed by atoms with Crippen LogP contribution in [0.25, 0.3) is 0 Å². The molecule has 0 aliphatic carbocycles. The van der Waals surface area contributed by atoms with Gasteiger partial charge in [0.1, 0.15) is 16.7 Å². The molecule has 17 heavy (non-hydrogen) atoms. The van der Waals surface area contributed by atoms with Crippen LogP contribution in [-0.4, -0.2) is 44.5 Å². The average molecular weight is 273 g/mol. The zero-order valence-electron chi connectivity index (χ0n) is 8.83. The molecule has 1 atom stereocenters. The van der Waals surface area contributed by atoms with Gasteiger partial charge in [0.2, 0.25) is 0 Å². The molecule has 6 nitrogen and oxygen atoms in total. The molecule has 0 unspecified atom stereocenters. The van der Waals surface area contributed by atoms with Gasteiger partial charge in [-0.1, -0.05) is 0 Å². The third-order valence-electron chi connectivity index (χ3n) is 2.37. The van der Waals surface area contributed by atoms with E-state index in [0.29, 0.717) is 16.6 Å². The predicted octanol–water partition coefficient (Wildman–Crippen LogP) is 0.201. The molecule has 0 bridgehead atoms. The normalized spacial score (nSPS) is 19.6. The molecular weight excluding hydrogens is 262 g/mol. The number of carbonyl (C=O) groups is 2. The topological polar surface area (TPSA) is 96.5 Å². The summed E-state index contributed by atoms with van der Waals surface area (Å²) >= 11 is 2.74. The van der Waals surface area contributed by atoms with Crippen LogP contribution >= 0.6 is 23.1 Å². The van der Waals surface area contributed by atoms with E-state index in [0.717, 1.165) is 0 Å². The number of nitrogens with two attached hydrogens (primary N) is 1. The number of amides is 1. The highest BCUT2D eigenvalue weighted by Gasteiger charge is 2.35. The molecule has 0 radical (unpaired) electrons. The Morgan fingerprint density at radius 3 is 3.00 bits per heavy atom. The monoisotopic (exact) mass is 273 g/mol. The van der Waals surface area contributed by atoms with Crippen LogP contribution in [-0.2, 0) is 11.3 Å². The number of nitrogens with zero attached hydrogens (tertiary/aromatic N) is 2. The van der Waals surface area contributed by atoms with Gasteiger partial charge in [-0.2, -0.15) is 0 Å². The number of carboxylic acids is 1. The Morgan fingerprint density at radius 2 is 2.41 bits per heavy atom. The second kappa shape index (κ2) is 5.03. The maximum atomic E-state index is 12.0. The van der Waals surface area contributed by atoms with Gasteiger partial charge < -0.3 is 15.7 Å². The maximum Gasteiger partial charge on any atom is 0.327 e. The van der Waals surface area contributed by atoms with Crippen molar-refractivity contribution in [3.63, 3.8) is 0 Å². The lowest BCUT2D eigenvalue weighted by molar-refractivity contribution is -0.140. The Bertz CT molecular complexity index is 448. The second-order valence-corrected chi connectivity index (χ2v) is 5.40. The van der Waals surface area contributed by atoms with Crippen molar-refractivity contribution in [1.29, 1.82) is 0 Å². The zero-order valence-corrected chi connectivity index (χ0v) is 10.5. The summed E-state index contributed by atoms with van der Waals surface area (Å²) in [6.45, 7) is 0.287. The molecule has 2 heterocycles. The van der Waals surface area contributed by atoms with Crippen LogP contribution in [0.4, 0.5) is 0 Å². The third-order valence-corrected chi connectivity index (χ3v) is 4.26. The second-order valence-electron chi connectivity index (χ2n) is 3.46. The van der Waals surface area contributed by atoms with E-state index in [-0.39, 0.29) is 18.1 Å². The minimum atomic E-state index is -0.974. The van der Waals surface area contributed by atoms with E-state index in [1.807, 2.05) is 0 Å². The lowest BCUT2D eigenvalue weighted by Crippen LogP contribution is -2.41. The summed E-state index contributed by atoms with van der Waals surface area (Å²) in [4.78, 5) is 28.4. The molecule has 1 amide bonds. The number of hydrogen-bond acceptors (Lipinski definition) is 6. The SMILES string of the molecule is NCc1nc(C(=O)N2CSC[C@@H]2C(=O)O)cs1. The molecule has 0 aromatic carbocycles. The smallest absolute Gasteiger partial charge is 0.327 e. The standard InChI is InChI=1S/C9H11N3O3S2/c10-1-7-11-5(2-17-7)8(13)12-4-16-3-6(12)9(14)15/h2,6H,1,3-4,10H2,(H,14,15)/t6-/m1/s1. The summed E-state index contributed by atoms with van der Waals surface area (Å²) in [5.41, 5.74) is 5.70. The molecule has 2 rings (SSSR count). The van der Waals surface area contributed by atoms with E-state index in [2.05, 4.69) is 4.98 Å². The Hall–Kier alpha value is -1.12. The molecule has 1 aliphatic rings. The molecule has 0 saturated carbocycles. The number of rotatable bonds is 3. The first-order valence-corrected chi connectivity index (χ1v) is 6.93. The van der Waals surface area contributed by atoms with Gasteiger partial charge in [-0.25, -0.2) is 9.78 Å². The zero-order chi connectivity index (χ0) is 12.4. The molecule has 1 aliphatic heterocycles. The fourth-order valence-electron chi connectivity index (χ4n) is 1.50. The molecule has 3 N–H and O–H groups in total. The minimum absolute atomic E-state index is 0.282. The number of carbonyl (C=O) groups excluding carboxylic acids is 1. The number of hydrogen-bond donors (Lipinski definition) is 2. The van der Waals surface area contributed by atoms with Crippen LogP contribution in [0, 0.1) is 0 Å². The van der Waals surface area contributed by atoms with Crippen LogP contribution < -0.4 is 5.73 Å². The number of thioether (sulfide) groups is 1. The van der Waals surface area contributed by atoms with Gasteiger partial charge >= 0.3 is 5.97 Å². The van der Waals surface area contributed by atoms with Crippen molar-refractivity contribution in [2.75, 3.05) is 11.6 Å². The fourth-order valence-corrected chi connectivity index (χ4v) is 3.29. The van der Waals surface area contributed by atoms with Crippen molar-refractivity contribution in [2.24, 2.45) is 5.73 Å². The molecule has 1 fully saturated rings. The van der Waals surface area contributed by atoms with Gasteiger partial charge in [-0.05, 0) is 0 Å². The van der Waals surface area contributed by atoms with Gasteiger partial charge in [0.05, 0.1) is 5.88 Å². The first kappa shape index (κ1) is 12.3. The maximum absolute atomic E-state index is 12.0. The van der Waals surface area contributed by atoms with Crippen molar-refractivity contribution < 1.29 is 14.7 Å². The third kappa shape index (κ3) is 2.43. The largest absolute Gasteiger partial charge is 0.480 e. The van der Waals surface area contributed by atoms with Crippen molar-refractivity contribution in [1.82, 2.24) is 9.88 Å². The van der Waals surface area contributed by atoms with Crippen molar-refractivity contribution in [2.45, 2.75) is 12.6 Å². The summed E-state index contributed by atoms with van der Waals surface area (Å²) in [7, 11) is 0. The highest BCUT2D eigenvalue weighted by atomic mass is 32.2. The Balaban J connectivity index is 2.16. The van der Waals surface area contributed by atoms with E-state index in [1.165, 1.54) is 28.0 Å². The highest BCUT2D eigenvalue weighted by molar-refractivity contribution is 7.99. The van der Waals surface area contributed by atoms with E-state index in [4.69, 9.17) is 10.8 Å². The molecule has 1 saturated heterocycles. The van der Waals surface area contributed by atoms with E-state index in [9.17, 15) is 9.59 Å². The first-order chi connectivity index (χ1) is 8.13. The van der Waals surface area contributed by atoms with Gasteiger partial charge in [0, 0.05) is 17.7 Å².